The molecule has 3 nitrogen and oxygen atoms in total. The molecule has 1 unspecified atom stereocenters. The van der Waals surface area contributed by atoms with E-state index in [4.69, 9.17) is 17.3 Å². The highest BCUT2D eigenvalue weighted by Crippen LogP contribution is 2.35. The van der Waals surface area contributed by atoms with Gasteiger partial charge in [0.1, 0.15) is 0 Å². The molecule has 1 fully saturated rings. The summed E-state index contributed by atoms with van der Waals surface area (Å²) < 4.78 is 38.2. The van der Waals surface area contributed by atoms with E-state index in [9.17, 15) is 18.0 Å². The highest BCUT2D eigenvalue weighted by atomic mass is 35.5. The molecule has 1 aromatic rings. The summed E-state index contributed by atoms with van der Waals surface area (Å²) in [7, 11) is 0. The van der Waals surface area contributed by atoms with Crippen molar-refractivity contribution >= 4 is 23.6 Å². The number of carbonyl (C=O) groups is 1. The quantitative estimate of drug-likeness (QED) is 0.852. The van der Waals surface area contributed by atoms with Crippen molar-refractivity contribution in [2.45, 2.75) is 18.6 Å². The van der Waals surface area contributed by atoms with Crippen molar-refractivity contribution in [2.75, 3.05) is 13.1 Å². The van der Waals surface area contributed by atoms with Crippen LogP contribution >= 0.6 is 11.6 Å². The van der Waals surface area contributed by atoms with Crippen LogP contribution < -0.4 is 5.73 Å². The van der Waals surface area contributed by atoms with Gasteiger partial charge in [0.15, 0.2) is 0 Å². The Kier molecular flexibility index (Phi) is 4.58. The molecule has 2 rings (SSSR count). The van der Waals surface area contributed by atoms with Crippen molar-refractivity contribution in [1.29, 1.82) is 0 Å². The Morgan fingerprint density at radius 2 is 2.14 bits per heavy atom. The van der Waals surface area contributed by atoms with Gasteiger partial charge in [-0.25, -0.2) is 0 Å². The first-order chi connectivity index (χ1) is 9.77. The van der Waals surface area contributed by atoms with Gasteiger partial charge >= 0.3 is 6.18 Å². The minimum absolute atomic E-state index is 0.0327. The minimum atomic E-state index is -4.52. The number of nitrogens with zero attached hydrogens (tertiary/aromatic N) is 1. The smallest absolute Gasteiger partial charge is 0.338 e. The van der Waals surface area contributed by atoms with Crippen LogP contribution in [0.15, 0.2) is 24.3 Å². The van der Waals surface area contributed by atoms with Gasteiger partial charge < -0.3 is 10.6 Å². The Bertz CT molecular complexity index is 572. The molecule has 0 radical (unpaired) electrons. The lowest BCUT2D eigenvalue weighted by atomic mass is 10.1. The van der Waals surface area contributed by atoms with E-state index in [1.54, 1.807) is 4.90 Å². The molecule has 2 N–H and O–H groups in total. The predicted octanol–water partition coefficient (Wildman–Crippen LogP) is 2.93. The molecule has 1 aromatic carbocycles. The molecule has 1 heterocycles. The number of alkyl halides is 3. The SMILES string of the molecule is NC1CCN(C(=O)C=Cc2ccc(Cl)c(C(F)(F)F)c2)C1. The Hall–Kier alpha value is -1.53. The van der Waals surface area contributed by atoms with Gasteiger partial charge in [0.05, 0.1) is 10.6 Å². The number of hydrogen-bond donors (Lipinski definition) is 1. The summed E-state index contributed by atoms with van der Waals surface area (Å²) in [4.78, 5) is 13.4. The fraction of sp³-hybridized carbons (Fsp3) is 0.357. The Labute approximate surface area is 125 Å². The normalized spacial score (nSPS) is 19.5. The van der Waals surface area contributed by atoms with E-state index in [0.717, 1.165) is 12.5 Å². The van der Waals surface area contributed by atoms with Gasteiger partial charge in [-0.15, -0.1) is 0 Å². The van der Waals surface area contributed by atoms with E-state index in [2.05, 4.69) is 0 Å². The van der Waals surface area contributed by atoms with Crippen LogP contribution in [0.5, 0.6) is 0 Å². The van der Waals surface area contributed by atoms with Gasteiger partial charge in [0, 0.05) is 25.2 Å². The molecule has 1 aliphatic rings. The van der Waals surface area contributed by atoms with Crippen molar-refractivity contribution in [2.24, 2.45) is 5.73 Å². The van der Waals surface area contributed by atoms with Crippen LogP contribution in [0.25, 0.3) is 6.08 Å². The lowest BCUT2D eigenvalue weighted by Crippen LogP contribution is -2.30. The maximum absolute atomic E-state index is 12.7. The van der Waals surface area contributed by atoms with E-state index in [-0.39, 0.29) is 22.5 Å². The molecule has 1 amide bonds. The third-order valence-corrected chi connectivity index (χ3v) is 3.58. The number of amides is 1. The Balaban J connectivity index is 2.13. The second-order valence-corrected chi connectivity index (χ2v) is 5.31. The maximum Gasteiger partial charge on any atom is 0.417 e. The summed E-state index contributed by atoms with van der Waals surface area (Å²) in [5, 5.41) is -0.364. The maximum atomic E-state index is 12.7. The van der Waals surface area contributed by atoms with E-state index in [0.29, 0.717) is 13.1 Å². The van der Waals surface area contributed by atoms with Gasteiger partial charge in [0.2, 0.25) is 5.91 Å². The zero-order valence-electron chi connectivity index (χ0n) is 11.0. The van der Waals surface area contributed by atoms with Gasteiger partial charge in [-0.2, -0.15) is 13.2 Å². The minimum Gasteiger partial charge on any atom is -0.338 e. The average molecular weight is 319 g/mol. The van der Waals surface area contributed by atoms with E-state index >= 15 is 0 Å². The second kappa shape index (κ2) is 6.07. The van der Waals surface area contributed by atoms with Crippen LogP contribution in [-0.4, -0.2) is 29.9 Å². The van der Waals surface area contributed by atoms with Crippen molar-refractivity contribution < 1.29 is 18.0 Å². The third kappa shape index (κ3) is 3.98. The number of benzene rings is 1. The second-order valence-electron chi connectivity index (χ2n) is 4.90. The number of nitrogens with two attached hydrogens (primary N) is 1. The molecule has 0 aromatic heterocycles. The Morgan fingerprint density at radius 1 is 1.43 bits per heavy atom. The topological polar surface area (TPSA) is 46.3 Å². The molecule has 0 spiro atoms. The summed E-state index contributed by atoms with van der Waals surface area (Å²) in [5.74, 6) is -0.258. The fourth-order valence-corrected chi connectivity index (χ4v) is 2.35. The average Bonchev–Trinajstić information content (AvgIpc) is 2.83. The first-order valence-electron chi connectivity index (χ1n) is 6.36. The lowest BCUT2D eigenvalue weighted by molar-refractivity contribution is -0.137. The molecule has 1 aliphatic heterocycles. The van der Waals surface area contributed by atoms with E-state index in [1.165, 1.54) is 24.3 Å². The zero-order valence-corrected chi connectivity index (χ0v) is 11.8. The van der Waals surface area contributed by atoms with Crippen molar-refractivity contribution in [1.82, 2.24) is 4.90 Å². The molecule has 0 saturated carbocycles. The molecular formula is C14H14ClF3N2O. The zero-order chi connectivity index (χ0) is 15.6. The van der Waals surface area contributed by atoms with Gasteiger partial charge in [-0.05, 0) is 30.2 Å². The number of halogens is 4. The van der Waals surface area contributed by atoms with Crippen LogP contribution in [-0.2, 0) is 11.0 Å². The third-order valence-electron chi connectivity index (χ3n) is 3.25. The van der Waals surface area contributed by atoms with Crippen molar-refractivity contribution in [3.8, 4) is 0 Å². The largest absolute Gasteiger partial charge is 0.417 e. The number of carbonyl (C=O) groups excluding carboxylic acids is 1. The summed E-state index contributed by atoms with van der Waals surface area (Å²) in [5.41, 5.74) is 5.05. The molecule has 1 saturated heterocycles. The van der Waals surface area contributed by atoms with Crippen LogP contribution in [0.1, 0.15) is 17.5 Å². The molecule has 21 heavy (non-hydrogen) atoms. The fourth-order valence-electron chi connectivity index (χ4n) is 2.12. The summed E-state index contributed by atoms with van der Waals surface area (Å²) in [6.45, 7) is 1.04. The standard InChI is InChI=1S/C14H14ClF3N2O/c15-12-3-1-9(7-11(12)14(16,17)18)2-4-13(21)20-6-5-10(19)8-20/h1-4,7,10H,5-6,8,19H2. The van der Waals surface area contributed by atoms with Crippen molar-refractivity contribution in [3.63, 3.8) is 0 Å². The van der Waals surface area contributed by atoms with Crippen LogP contribution in [0.2, 0.25) is 5.02 Å². The summed E-state index contributed by atoms with van der Waals surface area (Å²) in [6.07, 6.45) is -1.19. The first kappa shape index (κ1) is 15.9. The lowest BCUT2D eigenvalue weighted by Gasteiger charge is -2.13. The monoisotopic (exact) mass is 318 g/mol. The first-order valence-corrected chi connectivity index (χ1v) is 6.74. The highest BCUT2D eigenvalue weighted by molar-refractivity contribution is 6.31. The molecule has 1 atom stereocenters. The van der Waals surface area contributed by atoms with Crippen LogP contribution in [0.3, 0.4) is 0 Å². The predicted molar refractivity (Wildman–Crippen MR) is 74.7 cm³/mol. The molecule has 7 heteroatoms. The summed E-state index contributed by atoms with van der Waals surface area (Å²) in [6, 6.07) is 3.48. The van der Waals surface area contributed by atoms with Crippen LogP contribution in [0.4, 0.5) is 13.2 Å². The number of rotatable bonds is 2. The highest BCUT2D eigenvalue weighted by Gasteiger charge is 2.33. The molecule has 0 aliphatic carbocycles. The van der Waals surface area contributed by atoms with Gasteiger partial charge in [-0.3, -0.25) is 4.79 Å². The van der Waals surface area contributed by atoms with Crippen LogP contribution in [0, 0.1) is 0 Å². The van der Waals surface area contributed by atoms with Gasteiger partial charge in [-0.1, -0.05) is 17.7 Å². The van der Waals surface area contributed by atoms with E-state index < -0.39 is 11.7 Å². The Morgan fingerprint density at radius 3 is 2.71 bits per heavy atom. The van der Waals surface area contributed by atoms with E-state index in [1.807, 2.05) is 0 Å². The molecule has 0 bridgehead atoms. The van der Waals surface area contributed by atoms with Gasteiger partial charge in [0.25, 0.3) is 0 Å². The molecule has 114 valence electrons. The van der Waals surface area contributed by atoms with Crippen molar-refractivity contribution in [3.05, 3.63) is 40.4 Å². The summed E-state index contributed by atoms with van der Waals surface area (Å²) >= 11 is 5.53. The number of hydrogen-bond acceptors (Lipinski definition) is 2. The molecular weight excluding hydrogens is 305 g/mol. The number of likely N-dealkylation sites (tertiary alicyclic amines) is 1.